The largest absolute Gasteiger partial charge is 0.326 e. The van der Waals surface area contributed by atoms with Crippen molar-refractivity contribution in [3.8, 4) is 0 Å². The lowest BCUT2D eigenvalue weighted by molar-refractivity contribution is 0.600. The smallest absolute Gasteiger partial charge is 0.263 e. The van der Waals surface area contributed by atoms with Gasteiger partial charge in [0.05, 0.1) is 15.7 Å². The normalized spacial score (nSPS) is 11.4. The Morgan fingerprint density at radius 3 is 2.52 bits per heavy atom. The van der Waals surface area contributed by atoms with Crippen LogP contribution in [0.4, 0.5) is 5.69 Å². The highest BCUT2D eigenvalue weighted by Gasteiger charge is 2.19. The van der Waals surface area contributed by atoms with Crippen molar-refractivity contribution in [3.63, 3.8) is 0 Å². The van der Waals surface area contributed by atoms with Gasteiger partial charge in [-0.25, -0.2) is 8.42 Å². The maximum Gasteiger partial charge on any atom is 0.263 e. The molecule has 112 valence electrons. The Labute approximate surface area is 141 Å². The first-order chi connectivity index (χ1) is 9.85. The lowest BCUT2D eigenvalue weighted by atomic mass is 10.2. The lowest BCUT2D eigenvalue weighted by Crippen LogP contribution is -2.14. The van der Waals surface area contributed by atoms with Crippen molar-refractivity contribution in [1.82, 2.24) is 0 Å². The molecule has 8 heteroatoms. The Kier molecular flexibility index (Phi) is 5.16. The highest BCUT2D eigenvalue weighted by Crippen LogP contribution is 2.32. The highest BCUT2D eigenvalue weighted by molar-refractivity contribution is 9.10. The second-order valence-corrected chi connectivity index (χ2v) is 7.47. The molecule has 0 unspecified atom stereocenters. The third-order valence-electron chi connectivity index (χ3n) is 2.72. The molecule has 0 aliphatic carbocycles. The Morgan fingerprint density at radius 2 is 1.90 bits per heavy atom. The van der Waals surface area contributed by atoms with Crippen LogP contribution < -0.4 is 10.5 Å². The first kappa shape index (κ1) is 16.6. The number of benzene rings is 2. The van der Waals surface area contributed by atoms with Crippen molar-refractivity contribution in [2.75, 3.05) is 4.72 Å². The predicted molar refractivity (Wildman–Crippen MR) is 89.3 cm³/mol. The van der Waals surface area contributed by atoms with Crippen LogP contribution >= 0.6 is 39.1 Å². The second-order valence-electron chi connectivity index (χ2n) is 4.18. The van der Waals surface area contributed by atoms with E-state index >= 15 is 0 Å². The molecule has 2 aromatic carbocycles. The molecule has 0 atom stereocenters. The molecule has 0 spiro atoms. The first-order valence-electron chi connectivity index (χ1n) is 5.80. The molecule has 0 radical (unpaired) electrons. The van der Waals surface area contributed by atoms with E-state index in [1.54, 1.807) is 24.3 Å². The van der Waals surface area contributed by atoms with Gasteiger partial charge >= 0.3 is 0 Å². The summed E-state index contributed by atoms with van der Waals surface area (Å²) in [6.45, 7) is 0.326. The van der Waals surface area contributed by atoms with Gasteiger partial charge in [0.25, 0.3) is 10.0 Å². The third kappa shape index (κ3) is 3.70. The summed E-state index contributed by atoms with van der Waals surface area (Å²) in [5.74, 6) is 0. The summed E-state index contributed by atoms with van der Waals surface area (Å²) in [5, 5.41) is 0.423. The fraction of sp³-hybridized carbons (Fsp3) is 0.0769. The van der Waals surface area contributed by atoms with Gasteiger partial charge in [-0.2, -0.15) is 0 Å². The number of halogens is 3. The fourth-order valence-corrected chi connectivity index (χ4v) is 4.27. The molecule has 3 N–H and O–H groups in total. The van der Waals surface area contributed by atoms with Gasteiger partial charge in [-0.3, -0.25) is 4.72 Å². The molecule has 4 nitrogen and oxygen atoms in total. The standard InChI is InChI=1S/C13H11BrCl2N2O2S/c14-9-6-8(7-17)4-5-12(9)21(19,20)18-11-3-1-2-10(15)13(11)16/h1-6,18H,7,17H2. The van der Waals surface area contributed by atoms with Crippen molar-refractivity contribution < 1.29 is 8.42 Å². The van der Waals surface area contributed by atoms with Gasteiger partial charge in [0, 0.05) is 11.0 Å². The molecule has 0 saturated carbocycles. The van der Waals surface area contributed by atoms with Gasteiger partial charge < -0.3 is 5.73 Å². The molecular weight excluding hydrogens is 399 g/mol. The second kappa shape index (κ2) is 6.54. The molecule has 0 aromatic heterocycles. The van der Waals surface area contributed by atoms with E-state index in [1.807, 2.05) is 0 Å². The summed E-state index contributed by atoms with van der Waals surface area (Å²) in [6.07, 6.45) is 0. The van der Waals surface area contributed by atoms with Gasteiger partial charge in [0.1, 0.15) is 4.90 Å². The van der Waals surface area contributed by atoms with Crippen LogP contribution in [0.15, 0.2) is 45.8 Å². The van der Waals surface area contributed by atoms with E-state index in [1.165, 1.54) is 12.1 Å². The number of hydrogen-bond acceptors (Lipinski definition) is 3. The third-order valence-corrected chi connectivity index (χ3v) is 5.88. The number of anilines is 1. The minimum absolute atomic E-state index is 0.0933. The number of nitrogens with two attached hydrogens (primary N) is 1. The van der Waals surface area contributed by atoms with E-state index in [2.05, 4.69) is 20.7 Å². The maximum atomic E-state index is 12.4. The van der Waals surface area contributed by atoms with Crippen molar-refractivity contribution in [1.29, 1.82) is 0 Å². The van der Waals surface area contributed by atoms with E-state index in [-0.39, 0.29) is 20.6 Å². The summed E-state index contributed by atoms with van der Waals surface area (Å²) >= 11 is 15.1. The molecule has 0 bridgehead atoms. The van der Waals surface area contributed by atoms with Crippen LogP contribution in [0.3, 0.4) is 0 Å². The van der Waals surface area contributed by atoms with Crippen LogP contribution in [-0.2, 0) is 16.6 Å². The predicted octanol–water partition coefficient (Wildman–Crippen LogP) is 4.02. The molecule has 0 aliphatic heterocycles. The molecule has 2 rings (SSSR count). The van der Waals surface area contributed by atoms with Crippen molar-refractivity contribution in [2.45, 2.75) is 11.4 Å². The maximum absolute atomic E-state index is 12.4. The van der Waals surface area contributed by atoms with E-state index < -0.39 is 10.0 Å². The number of hydrogen-bond donors (Lipinski definition) is 2. The lowest BCUT2D eigenvalue weighted by Gasteiger charge is -2.12. The van der Waals surface area contributed by atoms with Crippen molar-refractivity contribution >= 4 is 54.8 Å². The monoisotopic (exact) mass is 408 g/mol. The van der Waals surface area contributed by atoms with Crippen LogP contribution in [0.5, 0.6) is 0 Å². The van der Waals surface area contributed by atoms with E-state index in [0.717, 1.165) is 5.56 Å². The number of nitrogens with one attached hydrogen (secondary N) is 1. The number of rotatable bonds is 4. The van der Waals surface area contributed by atoms with Crippen LogP contribution in [0.25, 0.3) is 0 Å². The van der Waals surface area contributed by atoms with Crippen LogP contribution in [0.2, 0.25) is 10.0 Å². The average Bonchev–Trinajstić information content (AvgIpc) is 2.43. The Hall–Kier alpha value is -0.790. The molecule has 0 saturated heterocycles. The molecule has 21 heavy (non-hydrogen) atoms. The summed E-state index contributed by atoms with van der Waals surface area (Å²) < 4.78 is 27.7. The Bertz CT molecular complexity index is 782. The van der Waals surface area contributed by atoms with E-state index in [0.29, 0.717) is 11.0 Å². The quantitative estimate of drug-likeness (QED) is 0.800. The Morgan fingerprint density at radius 1 is 1.19 bits per heavy atom. The zero-order valence-electron chi connectivity index (χ0n) is 10.6. The fourth-order valence-electron chi connectivity index (χ4n) is 1.67. The first-order valence-corrected chi connectivity index (χ1v) is 8.83. The van der Waals surface area contributed by atoms with Crippen molar-refractivity contribution in [3.05, 3.63) is 56.5 Å². The minimum atomic E-state index is -3.79. The zero-order valence-corrected chi connectivity index (χ0v) is 14.5. The molecule has 0 heterocycles. The molecule has 0 fully saturated rings. The van der Waals surface area contributed by atoms with Gasteiger partial charge in [-0.15, -0.1) is 0 Å². The van der Waals surface area contributed by atoms with Crippen LogP contribution in [0, 0.1) is 0 Å². The van der Waals surface area contributed by atoms with E-state index in [9.17, 15) is 8.42 Å². The minimum Gasteiger partial charge on any atom is -0.326 e. The van der Waals surface area contributed by atoms with Gasteiger partial charge in [-0.05, 0) is 45.8 Å². The van der Waals surface area contributed by atoms with Crippen LogP contribution in [0.1, 0.15) is 5.56 Å². The molecular formula is C13H11BrCl2N2O2S. The molecule has 0 aliphatic rings. The van der Waals surface area contributed by atoms with Crippen molar-refractivity contribution in [2.24, 2.45) is 5.73 Å². The summed E-state index contributed by atoms with van der Waals surface area (Å²) in [5.41, 5.74) is 6.56. The molecule has 2 aromatic rings. The highest BCUT2D eigenvalue weighted by atomic mass is 79.9. The van der Waals surface area contributed by atoms with Gasteiger partial charge in [0.2, 0.25) is 0 Å². The van der Waals surface area contributed by atoms with Crippen LogP contribution in [-0.4, -0.2) is 8.42 Å². The summed E-state index contributed by atoms with van der Waals surface area (Å²) in [6, 6.07) is 9.51. The number of sulfonamides is 1. The SMILES string of the molecule is NCc1ccc(S(=O)(=O)Nc2cccc(Cl)c2Cl)c(Br)c1. The topological polar surface area (TPSA) is 72.2 Å². The zero-order chi connectivity index (χ0) is 15.6. The van der Waals surface area contributed by atoms with Gasteiger partial charge in [0.15, 0.2) is 0 Å². The summed E-state index contributed by atoms with van der Waals surface area (Å²) in [7, 11) is -3.79. The average molecular weight is 410 g/mol. The summed E-state index contributed by atoms with van der Waals surface area (Å²) in [4.78, 5) is 0.0933. The van der Waals surface area contributed by atoms with E-state index in [4.69, 9.17) is 28.9 Å². The molecule has 0 amide bonds. The Balaban J connectivity index is 2.41. The van der Waals surface area contributed by atoms with Gasteiger partial charge in [-0.1, -0.05) is 35.3 Å².